The number of hydrogen-bond donors (Lipinski definition) is 2. The van der Waals surface area contributed by atoms with Crippen LogP contribution >= 0.6 is 0 Å². The van der Waals surface area contributed by atoms with Crippen molar-refractivity contribution in [2.24, 2.45) is 0 Å². The van der Waals surface area contributed by atoms with Gasteiger partial charge in [0.2, 0.25) is 0 Å². The zero-order valence-electron chi connectivity index (χ0n) is 12.4. The summed E-state index contributed by atoms with van der Waals surface area (Å²) in [6.07, 6.45) is -9.39. The van der Waals surface area contributed by atoms with E-state index < -0.39 is 35.0 Å². The second kappa shape index (κ2) is 8.96. The Hall–Kier alpha value is -0.698. The van der Waals surface area contributed by atoms with Gasteiger partial charge >= 0.3 is 97.3 Å². The molecule has 0 bridgehead atoms. The molecule has 0 unspecified atom stereocenters. The first kappa shape index (κ1) is 22.3. The first-order valence-corrected chi connectivity index (χ1v) is 6.18. The maximum absolute atomic E-state index is 12.2. The first-order chi connectivity index (χ1) is 10.2. The Labute approximate surface area is 137 Å². The van der Waals surface area contributed by atoms with E-state index in [1.54, 1.807) is 13.8 Å². The Balaban J connectivity index is 0.000000515. The molecular formula is C11H12BF6LiO4. The molecule has 23 heavy (non-hydrogen) atoms. The van der Waals surface area contributed by atoms with Crippen LogP contribution in [0.25, 0.3) is 0 Å². The molecule has 0 aliphatic carbocycles. The number of rotatable bonds is 3. The summed E-state index contributed by atoms with van der Waals surface area (Å²) in [5.74, 6) is 0. The molecule has 0 fully saturated rings. The predicted octanol–water partition coefficient (Wildman–Crippen LogP) is 1.83. The second-order valence-electron chi connectivity index (χ2n) is 4.59. The predicted molar refractivity (Wildman–Crippen MR) is 69.3 cm³/mol. The molecule has 0 spiro atoms. The molecule has 0 aliphatic heterocycles. The fourth-order valence-electron chi connectivity index (χ4n) is 1.32. The van der Waals surface area contributed by atoms with Crippen LogP contribution in [0.15, 0.2) is 18.2 Å². The third-order valence-electron chi connectivity index (χ3n) is 2.19. The molecule has 0 radical (unpaired) electrons. The minimum atomic E-state index is -4.62. The van der Waals surface area contributed by atoms with E-state index in [-0.39, 0.29) is 6.10 Å². The van der Waals surface area contributed by atoms with Crippen LogP contribution in [0.4, 0.5) is 26.3 Å². The molecule has 12 heteroatoms. The Kier molecular flexibility index (Phi) is 8.69. The van der Waals surface area contributed by atoms with Gasteiger partial charge in [-0.3, -0.25) is 0 Å². The molecule has 0 atom stereocenters. The number of hydrogen-bond acceptors (Lipinski definition) is 4. The van der Waals surface area contributed by atoms with Gasteiger partial charge in [-0.15, -0.1) is 0 Å². The fourth-order valence-corrected chi connectivity index (χ4v) is 1.32. The molecule has 126 valence electrons. The summed E-state index contributed by atoms with van der Waals surface area (Å²) in [5.41, 5.74) is -2.12. The van der Waals surface area contributed by atoms with Crippen molar-refractivity contribution in [3.63, 3.8) is 0 Å². The SMILES string of the molecule is CC(C)OOB(O)O.[Li][c]1cc(C(F)(F)F)ccc1C(F)(F)F. The van der Waals surface area contributed by atoms with Gasteiger partial charge < -0.3 is 10.0 Å². The van der Waals surface area contributed by atoms with Crippen LogP contribution in [0, 0.1) is 0 Å². The van der Waals surface area contributed by atoms with Crippen molar-refractivity contribution in [1.82, 2.24) is 0 Å². The van der Waals surface area contributed by atoms with E-state index in [1.165, 1.54) is 0 Å². The fraction of sp³-hybridized carbons (Fsp3) is 0.455. The van der Waals surface area contributed by atoms with E-state index in [0.717, 1.165) is 17.7 Å². The first-order valence-electron chi connectivity index (χ1n) is 6.18. The monoisotopic (exact) mass is 340 g/mol. The van der Waals surface area contributed by atoms with Gasteiger partial charge in [0.15, 0.2) is 0 Å². The maximum atomic E-state index is 12.2. The van der Waals surface area contributed by atoms with Gasteiger partial charge in [-0.05, 0) is 13.8 Å². The molecule has 4 nitrogen and oxygen atoms in total. The Morgan fingerprint density at radius 1 is 1.04 bits per heavy atom. The molecule has 2 N–H and O–H groups in total. The normalized spacial score (nSPS) is 12.0. The van der Waals surface area contributed by atoms with Crippen molar-refractivity contribution in [1.29, 1.82) is 0 Å². The third-order valence-corrected chi connectivity index (χ3v) is 2.19. The van der Waals surface area contributed by atoms with E-state index in [1.807, 2.05) is 0 Å². The van der Waals surface area contributed by atoms with Crippen molar-refractivity contribution >= 4 is 29.3 Å². The van der Waals surface area contributed by atoms with Crippen molar-refractivity contribution in [2.75, 3.05) is 0 Å². The third kappa shape index (κ3) is 9.24. The zero-order chi connectivity index (χ0) is 18.4. The average Bonchev–Trinajstić information content (AvgIpc) is 2.34. The molecule has 0 heterocycles. The van der Waals surface area contributed by atoms with E-state index in [9.17, 15) is 26.3 Å². The van der Waals surface area contributed by atoms with Crippen LogP contribution in [0.2, 0.25) is 0 Å². The van der Waals surface area contributed by atoms with Crippen molar-refractivity contribution in [3.8, 4) is 0 Å². The summed E-state index contributed by atoms with van der Waals surface area (Å²) in [6, 6.07) is 1.36. The van der Waals surface area contributed by atoms with Crippen molar-refractivity contribution in [3.05, 3.63) is 29.3 Å². The summed E-state index contributed by atoms with van der Waals surface area (Å²) < 4.78 is 72.5. The Morgan fingerprint density at radius 3 is 1.83 bits per heavy atom. The molecule has 1 aromatic rings. The number of benzene rings is 1. The summed E-state index contributed by atoms with van der Waals surface area (Å²) >= 11 is 0.998. The van der Waals surface area contributed by atoms with Gasteiger partial charge in [0.05, 0.1) is 6.10 Å². The van der Waals surface area contributed by atoms with Gasteiger partial charge in [0.1, 0.15) is 0 Å². The summed E-state index contributed by atoms with van der Waals surface area (Å²) in [7, 11) is -1.84. The quantitative estimate of drug-likeness (QED) is 0.382. The average molecular weight is 340 g/mol. The molecule has 0 aromatic heterocycles. The van der Waals surface area contributed by atoms with Crippen LogP contribution in [0.3, 0.4) is 0 Å². The van der Waals surface area contributed by atoms with Gasteiger partial charge in [-0.2, -0.15) is 0 Å². The number of halogens is 6. The summed E-state index contributed by atoms with van der Waals surface area (Å²) in [4.78, 5) is 8.22. The van der Waals surface area contributed by atoms with Crippen molar-refractivity contribution in [2.45, 2.75) is 32.3 Å². The van der Waals surface area contributed by atoms with E-state index in [0.29, 0.717) is 18.2 Å². The Morgan fingerprint density at radius 2 is 1.57 bits per heavy atom. The van der Waals surface area contributed by atoms with E-state index in [4.69, 9.17) is 10.0 Å². The zero-order valence-corrected chi connectivity index (χ0v) is 12.4. The van der Waals surface area contributed by atoms with Crippen LogP contribution in [0.1, 0.15) is 25.0 Å². The minimum absolute atomic E-state index is 0.156. The van der Waals surface area contributed by atoms with Gasteiger partial charge in [0.25, 0.3) is 0 Å². The molecule has 0 amide bonds. The number of alkyl halides is 6. The summed E-state index contributed by atoms with van der Waals surface area (Å²) in [6.45, 7) is 3.42. The molecule has 0 saturated carbocycles. The topological polar surface area (TPSA) is 58.9 Å². The standard InChI is InChI=1S/C8H3F6.C3H9BO4.Li/c9-7(10,11)5-1-2-6(4-3-5)8(12,13)14;1-3(2)7-8-4(5)6;/h1-3H;3,5-6H,1-2H3;. The van der Waals surface area contributed by atoms with Gasteiger partial charge in [0, 0.05) is 0 Å². The van der Waals surface area contributed by atoms with Crippen LogP contribution in [-0.4, -0.2) is 41.2 Å². The van der Waals surface area contributed by atoms with Crippen LogP contribution < -0.4 is 4.24 Å². The van der Waals surface area contributed by atoms with E-state index >= 15 is 0 Å². The molecule has 1 rings (SSSR count). The van der Waals surface area contributed by atoms with Crippen molar-refractivity contribution < 1.29 is 46.1 Å². The second-order valence-corrected chi connectivity index (χ2v) is 4.59. The Bertz CT molecular complexity index is 484. The molecule has 0 saturated heterocycles. The molecule has 0 aliphatic rings. The summed E-state index contributed by atoms with van der Waals surface area (Å²) in [5, 5.41) is 16.0. The van der Waals surface area contributed by atoms with Crippen LogP contribution in [-0.2, 0) is 22.0 Å². The molecular weight excluding hydrogens is 328 g/mol. The van der Waals surface area contributed by atoms with E-state index in [2.05, 4.69) is 9.69 Å². The van der Waals surface area contributed by atoms with Gasteiger partial charge in [-0.1, -0.05) is 0 Å². The van der Waals surface area contributed by atoms with Gasteiger partial charge in [-0.25, -0.2) is 9.69 Å². The van der Waals surface area contributed by atoms with Crippen LogP contribution in [0.5, 0.6) is 0 Å². The molecule has 1 aromatic carbocycles.